The lowest BCUT2D eigenvalue weighted by molar-refractivity contribution is -0.0502. The Bertz CT molecular complexity index is 811. The number of hydrogen-bond donors (Lipinski definition) is 1. The molecule has 1 aromatic carbocycles. The van der Waals surface area contributed by atoms with Crippen LogP contribution in [0.5, 0.6) is 0 Å². The smallest absolute Gasteiger partial charge is 0.194 e. The molecule has 0 spiro atoms. The molecule has 1 aromatic heterocycles. The van der Waals surface area contributed by atoms with E-state index in [1.54, 1.807) is 0 Å². The SMILES string of the molecule is CCNC(=NCCn1cc(C)cn1)N1CC2OCCN(Cc3ccccc3)C2C1.I. The highest BCUT2D eigenvalue weighted by Crippen LogP contribution is 2.24. The lowest BCUT2D eigenvalue weighted by Crippen LogP contribution is -2.50. The third-order valence-corrected chi connectivity index (χ3v) is 5.63. The van der Waals surface area contributed by atoms with Crippen LogP contribution >= 0.6 is 24.0 Å². The van der Waals surface area contributed by atoms with Gasteiger partial charge in [-0.2, -0.15) is 5.10 Å². The number of nitrogens with zero attached hydrogens (tertiary/aromatic N) is 5. The molecule has 1 N–H and O–H groups in total. The largest absolute Gasteiger partial charge is 0.373 e. The van der Waals surface area contributed by atoms with Gasteiger partial charge in [0.15, 0.2) is 5.96 Å². The van der Waals surface area contributed by atoms with Crippen molar-refractivity contribution in [1.29, 1.82) is 0 Å². The van der Waals surface area contributed by atoms with E-state index in [1.807, 2.05) is 10.9 Å². The number of likely N-dealkylation sites (tertiary alicyclic amines) is 1. The second-order valence-electron chi connectivity index (χ2n) is 7.85. The average Bonchev–Trinajstić information content (AvgIpc) is 3.35. The minimum absolute atomic E-state index is 0. The predicted molar refractivity (Wildman–Crippen MR) is 130 cm³/mol. The summed E-state index contributed by atoms with van der Waals surface area (Å²) in [5.74, 6) is 0.981. The van der Waals surface area contributed by atoms with Crippen molar-refractivity contribution in [1.82, 2.24) is 24.9 Å². The molecule has 7 nitrogen and oxygen atoms in total. The molecule has 3 heterocycles. The summed E-state index contributed by atoms with van der Waals surface area (Å²) in [6.07, 6.45) is 4.19. The fraction of sp³-hybridized carbons (Fsp3) is 0.545. The van der Waals surface area contributed by atoms with Gasteiger partial charge in [0.25, 0.3) is 0 Å². The summed E-state index contributed by atoms with van der Waals surface area (Å²) in [5, 5.41) is 7.81. The molecule has 4 rings (SSSR count). The van der Waals surface area contributed by atoms with Crippen molar-refractivity contribution in [2.45, 2.75) is 39.1 Å². The number of aliphatic imine (C=N–C) groups is 1. The van der Waals surface area contributed by atoms with Crippen molar-refractivity contribution in [3.63, 3.8) is 0 Å². The molecule has 0 bridgehead atoms. The molecule has 0 saturated carbocycles. The Labute approximate surface area is 196 Å². The molecule has 2 saturated heterocycles. The minimum atomic E-state index is 0. The molecule has 2 unspecified atom stereocenters. The maximum Gasteiger partial charge on any atom is 0.194 e. The van der Waals surface area contributed by atoms with E-state index in [0.717, 1.165) is 51.8 Å². The molecular formula is C22H33IN6O. The van der Waals surface area contributed by atoms with Gasteiger partial charge in [0.1, 0.15) is 0 Å². The number of morpholine rings is 1. The van der Waals surface area contributed by atoms with Gasteiger partial charge < -0.3 is 15.0 Å². The Morgan fingerprint density at radius 1 is 1.27 bits per heavy atom. The zero-order valence-electron chi connectivity index (χ0n) is 17.9. The summed E-state index contributed by atoms with van der Waals surface area (Å²) in [7, 11) is 0. The highest BCUT2D eigenvalue weighted by molar-refractivity contribution is 14.0. The maximum absolute atomic E-state index is 6.12. The van der Waals surface area contributed by atoms with E-state index in [2.05, 4.69) is 70.6 Å². The van der Waals surface area contributed by atoms with E-state index < -0.39 is 0 Å². The fourth-order valence-corrected chi connectivity index (χ4v) is 4.22. The first-order valence-electron chi connectivity index (χ1n) is 10.6. The van der Waals surface area contributed by atoms with Gasteiger partial charge in [-0.3, -0.25) is 14.6 Å². The van der Waals surface area contributed by atoms with Crippen molar-refractivity contribution >= 4 is 29.9 Å². The van der Waals surface area contributed by atoms with Crippen molar-refractivity contribution in [2.24, 2.45) is 4.99 Å². The van der Waals surface area contributed by atoms with Crippen LogP contribution in [0.4, 0.5) is 0 Å². The highest BCUT2D eigenvalue weighted by Gasteiger charge is 2.41. The molecule has 2 aromatic rings. The first-order chi connectivity index (χ1) is 14.2. The number of benzene rings is 1. The molecule has 0 amide bonds. The number of rotatable bonds is 6. The molecule has 2 aliphatic heterocycles. The molecule has 2 atom stereocenters. The number of hydrogen-bond acceptors (Lipinski definition) is 4. The van der Waals surface area contributed by atoms with Gasteiger partial charge >= 0.3 is 0 Å². The van der Waals surface area contributed by atoms with Gasteiger partial charge in [0.2, 0.25) is 0 Å². The van der Waals surface area contributed by atoms with Crippen LogP contribution in [-0.2, 0) is 17.8 Å². The van der Waals surface area contributed by atoms with E-state index in [9.17, 15) is 0 Å². The standard InChI is InChI=1S/C22H32N6O.HI/c1-3-23-22(24-9-10-28-14-18(2)13-25-28)27-16-20-21(17-27)29-12-11-26(20)15-19-7-5-4-6-8-19;/h4-8,13-14,20-21H,3,9-12,15-17H2,1-2H3,(H,23,24);1H. The van der Waals surface area contributed by atoms with Crippen LogP contribution in [0, 0.1) is 6.92 Å². The second-order valence-corrected chi connectivity index (χ2v) is 7.85. The molecule has 30 heavy (non-hydrogen) atoms. The van der Waals surface area contributed by atoms with E-state index in [0.29, 0.717) is 12.6 Å². The predicted octanol–water partition coefficient (Wildman–Crippen LogP) is 2.36. The van der Waals surface area contributed by atoms with Crippen molar-refractivity contribution in [3.05, 3.63) is 53.9 Å². The number of fused-ring (bicyclic) bond motifs is 1. The molecule has 2 fully saturated rings. The maximum atomic E-state index is 6.12. The summed E-state index contributed by atoms with van der Waals surface area (Å²) < 4.78 is 8.08. The van der Waals surface area contributed by atoms with Crippen LogP contribution in [0.1, 0.15) is 18.1 Å². The summed E-state index contributed by atoms with van der Waals surface area (Å²) in [4.78, 5) is 9.79. The van der Waals surface area contributed by atoms with Crippen molar-refractivity contribution in [2.75, 3.05) is 39.3 Å². The van der Waals surface area contributed by atoms with Crippen LogP contribution in [0.3, 0.4) is 0 Å². The molecule has 0 aliphatic carbocycles. The minimum Gasteiger partial charge on any atom is -0.373 e. The zero-order chi connectivity index (χ0) is 20.1. The van der Waals surface area contributed by atoms with Gasteiger partial charge in [-0.15, -0.1) is 24.0 Å². The number of nitrogens with one attached hydrogen (secondary N) is 1. The van der Waals surface area contributed by atoms with Crippen LogP contribution in [0.25, 0.3) is 0 Å². The average molecular weight is 524 g/mol. The van der Waals surface area contributed by atoms with E-state index in [-0.39, 0.29) is 30.1 Å². The van der Waals surface area contributed by atoms with E-state index in [4.69, 9.17) is 9.73 Å². The number of guanidine groups is 1. The van der Waals surface area contributed by atoms with E-state index in [1.165, 1.54) is 11.1 Å². The quantitative estimate of drug-likeness (QED) is 0.358. The molecule has 8 heteroatoms. The number of aromatic nitrogens is 2. The Morgan fingerprint density at radius 2 is 2.10 bits per heavy atom. The van der Waals surface area contributed by atoms with Crippen LogP contribution in [0.2, 0.25) is 0 Å². The van der Waals surface area contributed by atoms with Gasteiger partial charge in [0.05, 0.1) is 38.0 Å². The zero-order valence-corrected chi connectivity index (χ0v) is 20.2. The number of aryl methyl sites for hydroxylation is 1. The van der Waals surface area contributed by atoms with Gasteiger partial charge in [-0.25, -0.2) is 0 Å². The molecule has 0 radical (unpaired) electrons. The summed E-state index contributed by atoms with van der Waals surface area (Å²) >= 11 is 0. The topological polar surface area (TPSA) is 57.9 Å². The monoisotopic (exact) mass is 524 g/mol. The summed E-state index contributed by atoms with van der Waals surface area (Å²) in [6.45, 7) is 11.1. The highest BCUT2D eigenvalue weighted by atomic mass is 127. The first kappa shape index (κ1) is 23.0. The molecule has 2 aliphatic rings. The first-order valence-corrected chi connectivity index (χ1v) is 10.6. The molecule has 164 valence electrons. The van der Waals surface area contributed by atoms with Crippen LogP contribution < -0.4 is 5.32 Å². The van der Waals surface area contributed by atoms with Gasteiger partial charge in [-0.1, -0.05) is 30.3 Å². The van der Waals surface area contributed by atoms with Crippen LogP contribution in [0.15, 0.2) is 47.7 Å². The lowest BCUT2D eigenvalue weighted by Gasteiger charge is -2.36. The Hall–Kier alpha value is -1.65. The third-order valence-electron chi connectivity index (χ3n) is 5.63. The molecular weight excluding hydrogens is 491 g/mol. The van der Waals surface area contributed by atoms with Crippen molar-refractivity contribution in [3.8, 4) is 0 Å². The Kier molecular flexibility index (Phi) is 8.52. The Balaban J connectivity index is 0.00000256. The van der Waals surface area contributed by atoms with Gasteiger partial charge in [-0.05, 0) is 25.0 Å². The summed E-state index contributed by atoms with van der Waals surface area (Å²) in [6, 6.07) is 11.1. The number of ether oxygens (including phenoxy) is 1. The van der Waals surface area contributed by atoms with Gasteiger partial charge in [0, 0.05) is 38.9 Å². The second kappa shape index (κ2) is 11.1. The van der Waals surface area contributed by atoms with Crippen LogP contribution in [-0.4, -0.2) is 77.0 Å². The Morgan fingerprint density at radius 3 is 2.83 bits per heavy atom. The number of halogens is 1. The van der Waals surface area contributed by atoms with Crippen molar-refractivity contribution < 1.29 is 4.74 Å². The lowest BCUT2D eigenvalue weighted by atomic mass is 10.1. The fourth-order valence-electron chi connectivity index (χ4n) is 4.22. The normalized spacial score (nSPS) is 21.9. The third kappa shape index (κ3) is 5.73. The van der Waals surface area contributed by atoms with E-state index >= 15 is 0 Å². The summed E-state index contributed by atoms with van der Waals surface area (Å²) in [5.41, 5.74) is 2.54.